The van der Waals surface area contributed by atoms with E-state index in [4.69, 9.17) is 5.26 Å². The maximum absolute atomic E-state index is 12.9. The Morgan fingerprint density at radius 3 is 3.07 bits per heavy atom. The lowest BCUT2D eigenvalue weighted by Crippen LogP contribution is -2.36. The van der Waals surface area contributed by atoms with E-state index in [-0.39, 0.29) is 11.8 Å². The number of benzene rings is 1. The van der Waals surface area contributed by atoms with Crippen LogP contribution in [0.15, 0.2) is 36.7 Å². The van der Waals surface area contributed by atoms with Crippen LogP contribution in [0, 0.1) is 17.4 Å². The molecule has 1 fully saturated rings. The second-order valence-electron chi connectivity index (χ2n) is 7.12. The summed E-state index contributed by atoms with van der Waals surface area (Å²) in [4.78, 5) is 21.0. The van der Waals surface area contributed by atoms with E-state index in [1.165, 1.54) is 0 Å². The molecular formula is C20H18N6O. The molecule has 2 aliphatic heterocycles. The number of nitrogens with one attached hydrogen (secondary N) is 1. The number of hydrogen-bond donors (Lipinski definition) is 1. The van der Waals surface area contributed by atoms with Gasteiger partial charge in [0.25, 0.3) is 0 Å². The predicted octanol–water partition coefficient (Wildman–Crippen LogP) is 2.32. The van der Waals surface area contributed by atoms with Gasteiger partial charge in [0.2, 0.25) is 5.91 Å². The van der Waals surface area contributed by atoms with Gasteiger partial charge in [0.15, 0.2) is 6.19 Å². The number of nitriles is 1. The first kappa shape index (κ1) is 15.8. The molecule has 0 bridgehead atoms. The van der Waals surface area contributed by atoms with Crippen molar-refractivity contribution in [2.45, 2.75) is 12.8 Å². The van der Waals surface area contributed by atoms with Gasteiger partial charge in [-0.1, -0.05) is 12.1 Å². The minimum absolute atomic E-state index is 0.0867. The molecule has 1 saturated heterocycles. The van der Waals surface area contributed by atoms with Crippen molar-refractivity contribution in [1.29, 1.82) is 5.26 Å². The summed E-state index contributed by atoms with van der Waals surface area (Å²) in [7, 11) is 0. The molecule has 1 amide bonds. The van der Waals surface area contributed by atoms with Crippen LogP contribution in [0.25, 0.3) is 22.0 Å². The zero-order valence-electron chi connectivity index (χ0n) is 14.7. The van der Waals surface area contributed by atoms with Gasteiger partial charge < -0.3 is 4.90 Å². The standard InChI is InChI=1S/C20H18N6O/c21-12-25-6-4-14(11-25)20(27)26-7-5-13-8-15(9-22-19(13)26)16-2-1-3-18-17(16)10-23-24-18/h1-3,8-10,14H,4-7,11H2,(H,23,24)/t14-/m1/s1. The maximum atomic E-state index is 12.9. The lowest BCUT2D eigenvalue weighted by Gasteiger charge is -2.20. The van der Waals surface area contributed by atoms with Crippen LogP contribution in [-0.2, 0) is 11.2 Å². The van der Waals surface area contributed by atoms with Gasteiger partial charge in [0, 0.05) is 36.8 Å². The molecule has 0 saturated carbocycles. The zero-order chi connectivity index (χ0) is 18.4. The van der Waals surface area contributed by atoms with Crippen molar-refractivity contribution in [3.05, 3.63) is 42.2 Å². The van der Waals surface area contributed by atoms with Crippen LogP contribution in [0.4, 0.5) is 5.82 Å². The zero-order valence-corrected chi connectivity index (χ0v) is 14.7. The van der Waals surface area contributed by atoms with Gasteiger partial charge in [-0.3, -0.25) is 14.8 Å². The van der Waals surface area contributed by atoms with Crippen molar-refractivity contribution in [3.63, 3.8) is 0 Å². The van der Waals surface area contributed by atoms with Crippen LogP contribution in [0.5, 0.6) is 0 Å². The number of pyridine rings is 1. The van der Waals surface area contributed by atoms with E-state index in [9.17, 15) is 4.79 Å². The topological polar surface area (TPSA) is 88.9 Å². The normalized spacial score (nSPS) is 18.7. The highest BCUT2D eigenvalue weighted by Gasteiger charge is 2.35. The quantitative estimate of drug-likeness (QED) is 0.710. The number of amides is 1. The predicted molar refractivity (Wildman–Crippen MR) is 101 cm³/mol. The third kappa shape index (κ3) is 2.53. The van der Waals surface area contributed by atoms with Crippen molar-refractivity contribution < 1.29 is 4.79 Å². The molecule has 1 atom stereocenters. The molecule has 7 heteroatoms. The average Bonchev–Trinajstić information content (AvgIpc) is 3.45. The van der Waals surface area contributed by atoms with E-state index in [1.54, 1.807) is 9.80 Å². The summed E-state index contributed by atoms with van der Waals surface area (Å²) in [6.07, 6.45) is 7.34. The Bertz CT molecular complexity index is 1080. The van der Waals surface area contributed by atoms with Crippen LogP contribution in [0.2, 0.25) is 0 Å². The van der Waals surface area contributed by atoms with Gasteiger partial charge in [-0.2, -0.15) is 10.4 Å². The minimum Gasteiger partial charge on any atom is -0.310 e. The maximum Gasteiger partial charge on any atom is 0.233 e. The first-order valence-corrected chi connectivity index (χ1v) is 9.12. The molecule has 1 aromatic carbocycles. The van der Waals surface area contributed by atoms with Crippen LogP contribution in [-0.4, -0.2) is 45.6 Å². The van der Waals surface area contributed by atoms with Crippen LogP contribution >= 0.6 is 0 Å². The Hall–Kier alpha value is -3.40. The van der Waals surface area contributed by atoms with Crippen LogP contribution in [0.3, 0.4) is 0 Å². The van der Waals surface area contributed by atoms with Gasteiger partial charge in [-0.15, -0.1) is 0 Å². The second-order valence-corrected chi connectivity index (χ2v) is 7.12. The Balaban J connectivity index is 1.45. The molecule has 27 heavy (non-hydrogen) atoms. The molecule has 134 valence electrons. The fourth-order valence-corrected chi connectivity index (χ4v) is 4.12. The summed E-state index contributed by atoms with van der Waals surface area (Å²) in [6, 6.07) is 8.20. The highest BCUT2D eigenvalue weighted by Crippen LogP contribution is 2.34. The summed E-state index contributed by atoms with van der Waals surface area (Å²) in [5.74, 6) is 0.735. The molecule has 1 N–H and O–H groups in total. The van der Waals surface area contributed by atoms with Crippen molar-refractivity contribution in [2.24, 2.45) is 5.92 Å². The lowest BCUT2D eigenvalue weighted by molar-refractivity contribution is -0.121. The highest BCUT2D eigenvalue weighted by molar-refractivity contribution is 5.98. The van der Waals surface area contributed by atoms with E-state index in [1.807, 2.05) is 24.5 Å². The van der Waals surface area contributed by atoms with Crippen molar-refractivity contribution in [1.82, 2.24) is 20.1 Å². The smallest absolute Gasteiger partial charge is 0.233 e. The number of aromatic amines is 1. The molecule has 0 spiro atoms. The van der Waals surface area contributed by atoms with Gasteiger partial charge >= 0.3 is 0 Å². The first-order chi connectivity index (χ1) is 13.2. The SMILES string of the molecule is N#CN1CC[C@@H](C(=O)N2CCc3cc(-c4cccc5[nH]ncc45)cnc32)C1. The molecule has 0 aliphatic carbocycles. The summed E-state index contributed by atoms with van der Waals surface area (Å²) in [6.45, 7) is 1.83. The second kappa shape index (κ2) is 6.09. The number of carbonyl (C=O) groups excluding carboxylic acids is 1. The molecule has 7 nitrogen and oxygen atoms in total. The molecule has 3 aromatic rings. The first-order valence-electron chi connectivity index (χ1n) is 9.12. The number of aromatic nitrogens is 3. The van der Waals surface area contributed by atoms with Crippen LogP contribution < -0.4 is 4.90 Å². The number of hydrogen-bond acceptors (Lipinski definition) is 5. The summed E-state index contributed by atoms with van der Waals surface area (Å²) < 4.78 is 0. The molecule has 0 unspecified atom stereocenters. The van der Waals surface area contributed by atoms with Crippen molar-refractivity contribution in [2.75, 3.05) is 24.5 Å². The summed E-state index contributed by atoms with van der Waals surface area (Å²) >= 11 is 0. The fourth-order valence-electron chi connectivity index (χ4n) is 4.12. The van der Waals surface area contributed by atoms with Crippen molar-refractivity contribution >= 4 is 22.6 Å². The van der Waals surface area contributed by atoms with E-state index in [0.29, 0.717) is 19.6 Å². The van der Waals surface area contributed by atoms with E-state index >= 15 is 0 Å². The number of H-pyrrole nitrogens is 1. The number of anilines is 1. The third-order valence-corrected chi connectivity index (χ3v) is 5.54. The average molecular weight is 358 g/mol. The summed E-state index contributed by atoms with van der Waals surface area (Å²) in [5.41, 5.74) is 4.21. The molecule has 5 rings (SSSR count). The Morgan fingerprint density at radius 1 is 1.30 bits per heavy atom. The molecule has 4 heterocycles. The molecular weight excluding hydrogens is 340 g/mol. The van der Waals surface area contributed by atoms with Gasteiger partial charge in [0.1, 0.15) is 5.82 Å². The fraction of sp³-hybridized carbons (Fsp3) is 0.300. The van der Waals surface area contributed by atoms with Crippen LogP contribution in [0.1, 0.15) is 12.0 Å². The number of fused-ring (bicyclic) bond motifs is 2. The Kier molecular flexibility index (Phi) is 3.57. The molecule has 2 aliphatic rings. The number of carbonyl (C=O) groups is 1. The van der Waals surface area contributed by atoms with E-state index < -0.39 is 0 Å². The lowest BCUT2D eigenvalue weighted by atomic mass is 10.0. The van der Waals surface area contributed by atoms with Gasteiger partial charge in [0.05, 0.1) is 17.6 Å². The highest BCUT2D eigenvalue weighted by atomic mass is 16.2. The summed E-state index contributed by atoms with van der Waals surface area (Å²) in [5, 5.41) is 17.2. The number of nitrogens with zero attached hydrogens (tertiary/aromatic N) is 5. The Labute approximate surface area is 156 Å². The van der Waals surface area contributed by atoms with Crippen molar-refractivity contribution in [3.8, 4) is 17.3 Å². The Morgan fingerprint density at radius 2 is 2.22 bits per heavy atom. The number of likely N-dealkylation sites (tertiary alicyclic amines) is 1. The molecule has 2 aromatic heterocycles. The molecule has 0 radical (unpaired) electrons. The van der Waals surface area contributed by atoms with E-state index in [2.05, 4.69) is 33.5 Å². The number of rotatable bonds is 2. The van der Waals surface area contributed by atoms with Gasteiger partial charge in [-0.05, 0) is 36.1 Å². The largest absolute Gasteiger partial charge is 0.310 e. The minimum atomic E-state index is -0.114. The van der Waals surface area contributed by atoms with E-state index in [0.717, 1.165) is 46.3 Å². The van der Waals surface area contributed by atoms with Gasteiger partial charge in [-0.25, -0.2) is 4.98 Å². The third-order valence-electron chi connectivity index (χ3n) is 5.54. The monoisotopic (exact) mass is 358 g/mol.